The number of hydrogen-bond acceptors (Lipinski definition) is 8. The smallest absolute Gasteiger partial charge is 0.136 e. The molecule has 0 aromatic heterocycles. The average molecular weight is 595 g/mol. The van der Waals surface area contributed by atoms with Crippen molar-refractivity contribution < 1.29 is 19.2 Å². The minimum atomic E-state index is -0.192. The van der Waals surface area contributed by atoms with E-state index in [0.29, 0.717) is 64.7 Å². The Hall–Kier alpha value is -1.48. The number of rotatable bonds is 33. The minimum absolute atomic E-state index is 0.169. The number of nitrogens with two attached hydrogens (primary N) is 4. The zero-order chi connectivity index (χ0) is 31.3. The molecular formula is C34H66N4O4. The topological polar surface area (TPSA) is 172 Å². The summed E-state index contributed by atoms with van der Waals surface area (Å²) in [6.45, 7) is 2.59. The van der Waals surface area contributed by atoms with E-state index in [1.165, 1.54) is 0 Å². The van der Waals surface area contributed by atoms with Gasteiger partial charge in [0.25, 0.3) is 0 Å². The molecule has 8 heteroatoms. The fourth-order valence-electron chi connectivity index (χ4n) is 5.58. The lowest BCUT2D eigenvalue weighted by molar-refractivity contribution is -0.128. The van der Waals surface area contributed by atoms with Crippen LogP contribution < -0.4 is 22.9 Å². The molecule has 42 heavy (non-hydrogen) atoms. The molecule has 246 valence electrons. The second kappa shape index (κ2) is 29.6. The van der Waals surface area contributed by atoms with E-state index in [1.54, 1.807) is 0 Å². The first-order valence-electron chi connectivity index (χ1n) is 17.3. The van der Waals surface area contributed by atoms with Gasteiger partial charge in [0.05, 0.1) is 0 Å². The van der Waals surface area contributed by atoms with Gasteiger partial charge < -0.3 is 22.9 Å². The van der Waals surface area contributed by atoms with Crippen LogP contribution in [0.2, 0.25) is 0 Å². The third kappa shape index (κ3) is 24.0. The predicted molar refractivity (Wildman–Crippen MR) is 174 cm³/mol. The van der Waals surface area contributed by atoms with Crippen LogP contribution in [0.4, 0.5) is 0 Å². The molecular weight excluding hydrogens is 528 g/mol. The minimum Gasteiger partial charge on any atom is -0.330 e. The summed E-state index contributed by atoms with van der Waals surface area (Å²) in [6.07, 6.45) is 18.9. The zero-order valence-corrected chi connectivity index (χ0v) is 26.9. The summed E-state index contributed by atoms with van der Waals surface area (Å²) in [5.74, 6) is 0.438. The maximum atomic E-state index is 12.9. The molecule has 0 rings (SSSR count). The monoisotopic (exact) mass is 595 g/mol. The van der Waals surface area contributed by atoms with Gasteiger partial charge in [0, 0.05) is 50.4 Å². The molecule has 0 aliphatic rings. The van der Waals surface area contributed by atoms with Crippen molar-refractivity contribution >= 4 is 23.1 Å². The van der Waals surface area contributed by atoms with Crippen LogP contribution in [0.1, 0.15) is 154 Å². The van der Waals surface area contributed by atoms with Gasteiger partial charge >= 0.3 is 0 Å². The van der Waals surface area contributed by atoms with Gasteiger partial charge in [0.2, 0.25) is 0 Å². The standard InChI is InChI=1S/C34H66N4O4/c35-23-13-3-8-18-30(34(42)22-12-6-16-26-38)28-31(39)19-9-2-1-7-17-29(33(41)21-11-5-15-25-37)27-32(40)20-10-4-14-24-36/h29-30H,1-28,35-38H2. The van der Waals surface area contributed by atoms with Crippen molar-refractivity contribution in [3.63, 3.8) is 0 Å². The van der Waals surface area contributed by atoms with Gasteiger partial charge in [0.1, 0.15) is 23.1 Å². The summed E-state index contributed by atoms with van der Waals surface area (Å²) in [6, 6.07) is 0. The molecule has 8 nitrogen and oxygen atoms in total. The lowest BCUT2D eigenvalue weighted by Crippen LogP contribution is -2.19. The van der Waals surface area contributed by atoms with Crippen molar-refractivity contribution in [3.8, 4) is 0 Å². The molecule has 0 aliphatic heterocycles. The first-order chi connectivity index (χ1) is 20.4. The van der Waals surface area contributed by atoms with Crippen LogP contribution >= 0.6 is 0 Å². The summed E-state index contributed by atoms with van der Waals surface area (Å²) in [4.78, 5) is 51.1. The fourth-order valence-corrected chi connectivity index (χ4v) is 5.58. The van der Waals surface area contributed by atoms with Gasteiger partial charge in [-0.1, -0.05) is 51.4 Å². The van der Waals surface area contributed by atoms with E-state index in [2.05, 4.69) is 0 Å². The zero-order valence-electron chi connectivity index (χ0n) is 26.9. The summed E-state index contributed by atoms with van der Waals surface area (Å²) < 4.78 is 0. The summed E-state index contributed by atoms with van der Waals surface area (Å²) >= 11 is 0. The van der Waals surface area contributed by atoms with E-state index < -0.39 is 0 Å². The molecule has 0 aliphatic carbocycles. The molecule has 0 aromatic carbocycles. The van der Waals surface area contributed by atoms with Gasteiger partial charge in [0.15, 0.2) is 0 Å². The van der Waals surface area contributed by atoms with Crippen LogP contribution in [0.5, 0.6) is 0 Å². The largest absolute Gasteiger partial charge is 0.330 e. The highest BCUT2D eigenvalue weighted by Gasteiger charge is 2.22. The van der Waals surface area contributed by atoms with Crippen LogP contribution in [0.15, 0.2) is 0 Å². The Bertz CT molecular complexity index is 701. The molecule has 2 atom stereocenters. The first-order valence-corrected chi connectivity index (χ1v) is 17.3. The van der Waals surface area contributed by atoms with Crippen LogP contribution in [0.3, 0.4) is 0 Å². The Morgan fingerprint density at radius 1 is 0.357 bits per heavy atom. The molecule has 8 N–H and O–H groups in total. The highest BCUT2D eigenvalue weighted by molar-refractivity contribution is 5.88. The number of carbonyl (C=O) groups is 4. The highest BCUT2D eigenvalue weighted by Crippen LogP contribution is 2.23. The Kier molecular flexibility index (Phi) is 28.5. The molecule has 0 saturated heterocycles. The van der Waals surface area contributed by atoms with Gasteiger partial charge in [-0.2, -0.15) is 0 Å². The molecule has 0 radical (unpaired) electrons. The maximum absolute atomic E-state index is 12.9. The van der Waals surface area contributed by atoms with Crippen molar-refractivity contribution in [1.82, 2.24) is 0 Å². The second-order valence-electron chi connectivity index (χ2n) is 12.2. The van der Waals surface area contributed by atoms with Crippen LogP contribution in [-0.2, 0) is 19.2 Å². The molecule has 2 unspecified atom stereocenters. The molecule has 0 bridgehead atoms. The maximum Gasteiger partial charge on any atom is 0.136 e. The van der Waals surface area contributed by atoms with Crippen molar-refractivity contribution in [2.24, 2.45) is 34.8 Å². The van der Waals surface area contributed by atoms with Crippen molar-refractivity contribution in [3.05, 3.63) is 0 Å². The van der Waals surface area contributed by atoms with E-state index in [1.807, 2.05) is 0 Å². The summed E-state index contributed by atoms with van der Waals surface area (Å²) in [7, 11) is 0. The van der Waals surface area contributed by atoms with Crippen molar-refractivity contribution in [1.29, 1.82) is 0 Å². The number of hydrogen-bond donors (Lipinski definition) is 4. The van der Waals surface area contributed by atoms with Gasteiger partial charge in [-0.15, -0.1) is 0 Å². The molecule has 0 aromatic rings. The normalized spacial score (nSPS) is 12.8. The highest BCUT2D eigenvalue weighted by atomic mass is 16.1. The lowest BCUT2D eigenvalue weighted by Gasteiger charge is -2.16. The Labute approximate surface area is 257 Å². The lowest BCUT2D eigenvalue weighted by atomic mass is 9.87. The van der Waals surface area contributed by atoms with E-state index >= 15 is 0 Å². The molecule has 0 fully saturated rings. The van der Waals surface area contributed by atoms with E-state index in [4.69, 9.17) is 22.9 Å². The van der Waals surface area contributed by atoms with Crippen molar-refractivity contribution in [2.45, 2.75) is 154 Å². The second-order valence-corrected chi connectivity index (χ2v) is 12.2. The predicted octanol–water partition coefficient (Wildman–Crippen LogP) is 5.69. The molecule has 0 amide bonds. The van der Waals surface area contributed by atoms with Crippen LogP contribution in [-0.4, -0.2) is 49.3 Å². The first kappa shape index (κ1) is 40.5. The van der Waals surface area contributed by atoms with E-state index in [-0.39, 0.29) is 35.0 Å². The SMILES string of the molecule is NCCCCCC(=O)CC(CCCCCCC(=O)CC(CCCCCN)C(=O)CCCCCN)C(=O)CCCCCN. The number of unbranched alkanes of at least 4 members (excludes halogenated alkanes) is 11. The van der Waals surface area contributed by atoms with Gasteiger partial charge in [-0.05, 0) is 90.4 Å². The molecule has 0 heterocycles. The summed E-state index contributed by atoms with van der Waals surface area (Å²) in [5, 5.41) is 0. The average Bonchev–Trinajstić information content (AvgIpc) is 2.98. The fraction of sp³-hybridized carbons (Fsp3) is 0.882. The van der Waals surface area contributed by atoms with E-state index in [9.17, 15) is 19.2 Å². The van der Waals surface area contributed by atoms with Gasteiger partial charge in [-0.3, -0.25) is 19.2 Å². The third-order valence-electron chi connectivity index (χ3n) is 8.29. The number of carbonyl (C=O) groups excluding carboxylic acids is 4. The third-order valence-corrected chi connectivity index (χ3v) is 8.29. The van der Waals surface area contributed by atoms with Gasteiger partial charge in [-0.25, -0.2) is 0 Å². The number of Topliss-reactive ketones (excluding diaryl/α,β-unsaturated/α-hetero) is 4. The number of ketones is 4. The quantitative estimate of drug-likeness (QED) is 0.0701. The van der Waals surface area contributed by atoms with E-state index in [0.717, 1.165) is 116 Å². The molecule has 0 saturated carbocycles. The Morgan fingerprint density at radius 3 is 1.00 bits per heavy atom. The van der Waals surface area contributed by atoms with Crippen molar-refractivity contribution in [2.75, 3.05) is 26.2 Å². The molecule has 0 spiro atoms. The Morgan fingerprint density at radius 2 is 0.643 bits per heavy atom. The van der Waals surface area contributed by atoms with Crippen LogP contribution in [0.25, 0.3) is 0 Å². The Balaban J connectivity index is 4.58. The van der Waals surface area contributed by atoms with Crippen LogP contribution in [0, 0.1) is 11.8 Å². The summed E-state index contributed by atoms with van der Waals surface area (Å²) in [5.41, 5.74) is 22.3.